The van der Waals surface area contributed by atoms with E-state index in [0.717, 1.165) is 29.3 Å². The molecule has 4 aliphatic carbocycles. The van der Waals surface area contributed by atoms with Gasteiger partial charge in [-0.05, 0) is 67.4 Å². The number of hydrogen-bond donors (Lipinski definition) is 3. The van der Waals surface area contributed by atoms with E-state index in [1.54, 1.807) is 12.5 Å². The van der Waals surface area contributed by atoms with E-state index in [9.17, 15) is 0 Å². The standard InChI is InChI=1S/C19H23N5O/c20-15-10-22-17(21-9-14-2-1-3-25-14)23-16(15)24-18-6-11-4-12-5-13(8-18)19(12,18)7-11/h1-3,10-13H,4-9,20H2,(H2,21,22,23,24). The summed E-state index contributed by atoms with van der Waals surface area (Å²) in [5.74, 6) is 5.03. The summed E-state index contributed by atoms with van der Waals surface area (Å²) in [5, 5.41) is 7.02. The van der Waals surface area contributed by atoms with Crippen LogP contribution in [-0.2, 0) is 6.54 Å². The maximum Gasteiger partial charge on any atom is 0.225 e. The van der Waals surface area contributed by atoms with Gasteiger partial charge in [-0.15, -0.1) is 0 Å². The molecule has 4 aliphatic rings. The fourth-order valence-corrected chi connectivity index (χ4v) is 6.78. The lowest BCUT2D eigenvalue weighted by molar-refractivity contribution is -0.181. The van der Waals surface area contributed by atoms with Gasteiger partial charge in [0.05, 0.1) is 24.7 Å². The normalized spacial score (nSPS) is 39.4. The molecule has 0 radical (unpaired) electrons. The third kappa shape index (κ3) is 1.65. The largest absolute Gasteiger partial charge is 0.467 e. The molecule has 130 valence electrons. The molecular formula is C19H23N5O. The van der Waals surface area contributed by atoms with Crippen molar-refractivity contribution in [2.75, 3.05) is 16.4 Å². The number of nitrogens with one attached hydrogen (secondary N) is 2. The van der Waals surface area contributed by atoms with Gasteiger partial charge in [0.25, 0.3) is 0 Å². The number of nitrogen functional groups attached to an aromatic ring is 1. The summed E-state index contributed by atoms with van der Waals surface area (Å²) in [6, 6.07) is 3.81. The Bertz CT molecular complexity index is 836. The van der Waals surface area contributed by atoms with Gasteiger partial charge in [0, 0.05) is 5.54 Å². The van der Waals surface area contributed by atoms with E-state index in [2.05, 4.69) is 20.6 Å². The van der Waals surface area contributed by atoms with Crippen molar-refractivity contribution in [2.24, 2.45) is 23.2 Å². The Kier molecular flexibility index (Phi) is 2.51. The van der Waals surface area contributed by atoms with Gasteiger partial charge in [-0.3, -0.25) is 0 Å². The predicted octanol–water partition coefficient (Wildman–Crippen LogP) is 3.25. The summed E-state index contributed by atoms with van der Waals surface area (Å²) in [7, 11) is 0. The van der Waals surface area contributed by atoms with Crippen molar-refractivity contribution in [2.45, 2.75) is 44.2 Å². The van der Waals surface area contributed by atoms with Crippen LogP contribution < -0.4 is 16.4 Å². The second kappa shape index (κ2) is 4.48. The maximum atomic E-state index is 6.19. The van der Waals surface area contributed by atoms with Crippen LogP contribution in [-0.4, -0.2) is 15.5 Å². The average Bonchev–Trinajstić information content (AvgIpc) is 3.26. The molecule has 5 unspecified atom stereocenters. The molecule has 5 atom stereocenters. The van der Waals surface area contributed by atoms with Crippen molar-refractivity contribution < 1.29 is 4.42 Å². The number of furan rings is 1. The van der Waals surface area contributed by atoms with Crippen LogP contribution in [0.5, 0.6) is 0 Å². The van der Waals surface area contributed by atoms with E-state index < -0.39 is 0 Å². The average molecular weight is 337 g/mol. The smallest absolute Gasteiger partial charge is 0.225 e. The van der Waals surface area contributed by atoms with Crippen LogP contribution in [0.25, 0.3) is 0 Å². The highest BCUT2D eigenvalue weighted by molar-refractivity contribution is 5.64. The highest BCUT2D eigenvalue weighted by Crippen LogP contribution is 2.83. The molecule has 0 aliphatic heterocycles. The lowest BCUT2D eigenvalue weighted by atomic mass is 9.35. The SMILES string of the molecule is Nc1cnc(NCc2ccco2)nc1NC12CC3CC4CC(C1)C42C3. The predicted molar refractivity (Wildman–Crippen MR) is 94.8 cm³/mol. The lowest BCUT2D eigenvalue weighted by Gasteiger charge is -2.73. The fourth-order valence-electron chi connectivity index (χ4n) is 6.78. The molecule has 6 rings (SSSR count). The first-order chi connectivity index (χ1) is 12.2. The second-order valence-corrected chi connectivity index (χ2v) is 8.52. The minimum atomic E-state index is 0.240. The van der Waals surface area contributed by atoms with E-state index in [0.29, 0.717) is 23.6 Å². The van der Waals surface area contributed by atoms with Crippen LogP contribution in [0.15, 0.2) is 29.0 Å². The summed E-state index contributed by atoms with van der Waals surface area (Å²) in [6.45, 7) is 0.567. The molecule has 2 heterocycles. The van der Waals surface area contributed by atoms with Gasteiger partial charge in [0.15, 0.2) is 5.82 Å². The second-order valence-electron chi connectivity index (χ2n) is 8.52. The van der Waals surface area contributed by atoms with Crippen molar-refractivity contribution in [1.29, 1.82) is 0 Å². The molecule has 2 aromatic heterocycles. The highest BCUT2D eigenvalue weighted by atomic mass is 16.3. The Hall–Kier alpha value is -2.24. The molecule has 4 fully saturated rings. The molecule has 2 bridgehead atoms. The van der Waals surface area contributed by atoms with Crippen molar-refractivity contribution in [3.63, 3.8) is 0 Å². The van der Waals surface area contributed by atoms with E-state index in [4.69, 9.17) is 10.2 Å². The summed E-state index contributed by atoms with van der Waals surface area (Å²) < 4.78 is 5.35. The van der Waals surface area contributed by atoms with E-state index >= 15 is 0 Å². The summed E-state index contributed by atoms with van der Waals surface area (Å²) in [4.78, 5) is 8.98. The van der Waals surface area contributed by atoms with Crippen molar-refractivity contribution in [3.8, 4) is 0 Å². The van der Waals surface area contributed by atoms with Gasteiger partial charge in [-0.2, -0.15) is 4.98 Å². The first-order valence-corrected chi connectivity index (χ1v) is 9.35. The molecule has 2 aromatic rings. The van der Waals surface area contributed by atoms with Gasteiger partial charge < -0.3 is 20.8 Å². The minimum absolute atomic E-state index is 0.240. The number of rotatable bonds is 5. The number of fused-ring (bicyclic) bond motifs is 1. The van der Waals surface area contributed by atoms with Crippen LogP contribution in [0.1, 0.15) is 37.9 Å². The quantitative estimate of drug-likeness (QED) is 0.776. The number of aromatic nitrogens is 2. The minimum Gasteiger partial charge on any atom is -0.467 e. The molecular weight excluding hydrogens is 314 g/mol. The molecule has 1 spiro atoms. The molecule has 6 heteroatoms. The van der Waals surface area contributed by atoms with E-state index in [-0.39, 0.29) is 5.54 Å². The molecule has 4 N–H and O–H groups in total. The molecule has 0 saturated heterocycles. The maximum absolute atomic E-state index is 6.19. The van der Waals surface area contributed by atoms with E-state index in [1.165, 1.54) is 32.1 Å². The van der Waals surface area contributed by atoms with Gasteiger partial charge in [0.2, 0.25) is 5.95 Å². The third-order valence-corrected chi connectivity index (χ3v) is 7.57. The Labute approximate surface area is 146 Å². The number of anilines is 3. The summed E-state index contributed by atoms with van der Waals surface area (Å²) >= 11 is 0. The first-order valence-electron chi connectivity index (χ1n) is 9.35. The molecule has 25 heavy (non-hydrogen) atoms. The van der Waals surface area contributed by atoms with E-state index in [1.807, 2.05) is 12.1 Å². The number of nitrogens with two attached hydrogens (primary N) is 1. The zero-order valence-electron chi connectivity index (χ0n) is 14.2. The number of nitrogens with zero attached hydrogens (tertiary/aromatic N) is 2. The van der Waals surface area contributed by atoms with Crippen molar-refractivity contribution in [1.82, 2.24) is 9.97 Å². The third-order valence-electron chi connectivity index (χ3n) is 7.57. The Balaban J connectivity index is 1.25. The summed E-state index contributed by atoms with van der Waals surface area (Å²) in [5.41, 5.74) is 7.62. The van der Waals surface area contributed by atoms with Gasteiger partial charge in [-0.25, -0.2) is 4.98 Å². The van der Waals surface area contributed by atoms with Gasteiger partial charge in [-0.1, -0.05) is 0 Å². The molecule has 0 aromatic carbocycles. The lowest BCUT2D eigenvalue weighted by Crippen LogP contribution is -2.73. The summed E-state index contributed by atoms with van der Waals surface area (Å²) in [6.07, 6.45) is 10.3. The van der Waals surface area contributed by atoms with Gasteiger partial charge in [0.1, 0.15) is 5.76 Å². The van der Waals surface area contributed by atoms with Crippen LogP contribution in [0.4, 0.5) is 17.5 Å². The zero-order valence-corrected chi connectivity index (χ0v) is 14.2. The topological polar surface area (TPSA) is 89.0 Å². The zero-order chi connectivity index (χ0) is 16.6. The fraction of sp³-hybridized carbons (Fsp3) is 0.579. The molecule has 6 nitrogen and oxygen atoms in total. The van der Waals surface area contributed by atoms with Crippen molar-refractivity contribution >= 4 is 17.5 Å². The Morgan fingerprint density at radius 3 is 3.00 bits per heavy atom. The van der Waals surface area contributed by atoms with Gasteiger partial charge >= 0.3 is 0 Å². The highest BCUT2D eigenvalue weighted by Gasteiger charge is 2.80. The number of hydrogen-bond acceptors (Lipinski definition) is 6. The Morgan fingerprint density at radius 1 is 1.24 bits per heavy atom. The monoisotopic (exact) mass is 337 g/mol. The van der Waals surface area contributed by atoms with Crippen LogP contribution in [0, 0.1) is 23.2 Å². The van der Waals surface area contributed by atoms with Crippen LogP contribution >= 0.6 is 0 Å². The van der Waals surface area contributed by atoms with Crippen LogP contribution in [0.2, 0.25) is 0 Å². The van der Waals surface area contributed by atoms with Crippen molar-refractivity contribution in [3.05, 3.63) is 30.4 Å². The first kappa shape index (κ1) is 14.0. The molecule has 4 saturated carbocycles. The van der Waals surface area contributed by atoms with Crippen LogP contribution in [0.3, 0.4) is 0 Å². The Morgan fingerprint density at radius 2 is 2.20 bits per heavy atom. The molecule has 0 amide bonds.